The highest BCUT2D eigenvalue weighted by Crippen LogP contribution is 2.37. The van der Waals surface area contributed by atoms with Crippen LogP contribution >= 0.6 is 11.8 Å². The number of nitrogens with one attached hydrogen (secondary N) is 1. The summed E-state index contributed by atoms with van der Waals surface area (Å²) in [4.78, 5) is 4.29. The van der Waals surface area contributed by atoms with Crippen molar-refractivity contribution in [3.05, 3.63) is 11.9 Å². The fraction of sp³-hybridized carbons (Fsp3) is 0.333. The number of hydrogen-bond acceptors (Lipinski definition) is 4. The van der Waals surface area contributed by atoms with Crippen molar-refractivity contribution in [1.29, 1.82) is 0 Å². The Kier molecular flexibility index (Phi) is 3.39. The van der Waals surface area contributed by atoms with Crippen LogP contribution in [0.3, 0.4) is 0 Å². The Balaban J connectivity index is 2.77. The number of H-pyrrole nitrogens is 1. The van der Waals surface area contributed by atoms with Crippen molar-refractivity contribution in [2.24, 2.45) is 5.16 Å². The molecule has 0 aliphatic rings. The lowest BCUT2D eigenvalue weighted by molar-refractivity contribution is -0.0328. The molecule has 0 fully saturated rings. The molecule has 0 amide bonds. The molecule has 0 aliphatic carbocycles. The normalized spacial score (nSPS) is 12.3. The van der Waals surface area contributed by atoms with Gasteiger partial charge in [-0.3, -0.25) is 5.10 Å². The minimum absolute atomic E-state index is 0.0432. The molecule has 0 saturated carbocycles. The summed E-state index contributed by atoms with van der Waals surface area (Å²) in [6, 6.07) is 0. The lowest BCUT2D eigenvalue weighted by Gasteiger charge is -2.02. The summed E-state index contributed by atoms with van der Waals surface area (Å²) >= 11 is -0.256. The van der Waals surface area contributed by atoms with Gasteiger partial charge in [0.15, 0.2) is 0 Å². The molecule has 1 heterocycles. The lowest BCUT2D eigenvalue weighted by atomic mass is 10.5. The molecular weight excluding hydrogens is 219 g/mol. The lowest BCUT2D eigenvalue weighted by Crippen LogP contribution is -1.99. The molecular formula is C6H6F3N3OS. The average molecular weight is 225 g/mol. The van der Waals surface area contributed by atoms with Gasteiger partial charge in [0.25, 0.3) is 0 Å². The van der Waals surface area contributed by atoms with E-state index < -0.39 is 5.51 Å². The summed E-state index contributed by atoms with van der Waals surface area (Å²) in [5, 5.41) is 9.16. The van der Waals surface area contributed by atoms with Gasteiger partial charge in [-0.1, -0.05) is 5.16 Å². The van der Waals surface area contributed by atoms with Crippen LogP contribution in [0.15, 0.2) is 16.2 Å². The third-order valence-electron chi connectivity index (χ3n) is 1.15. The van der Waals surface area contributed by atoms with E-state index in [1.54, 1.807) is 0 Å². The number of rotatable bonds is 3. The summed E-state index contributed by atoms with van der Waals surface area (Å²) in [7, 11) is 1.30. The topological polar surface area (TPSA) is 50.3 Å². The van der Waals surface area contributed by atoms with Crippen LogP contribution in [0.2, 0.25) is 0 Å². The monoisotopic (exact) mass is 225 g/mol. The standard InChI is InChI=1S/C6H6F3N3OS/c1-13-11-2-4-5(3-10-12-4)14-6(7,8)9/h2-3H,1H3,(H,10,12). The minimum Gasteiger partial charge on any atom is -0.399 e. The molecule has 0 bridgehead atoms. The van der Waals surface area contributed by atoms with Crippen LogP contribution in [0.4, 0.5) is 13.2 Å². The second-order valence-electron chi connectivity index (χ2n) is 2.11. The van der Waals surface area contributed by atoms with Gasteiger partial charge in [0.1, 0.15) is 7.11 Å². The Hall–Kier alpha value is -1.18. The average Bonchev–Trinajstić information content (AvgIpc) is 2.45. The van der Waals surface area contributed by atoms with E-state index in [0.29, 0.717) is 0 Å². The molecule has 14 heavy (non-hydrogen) atoms. The second kappa shape index (κ2) is 4.36. The highest BCUT2D eigenvalue weighted by atomic mass is 32.2. The third-order valence-corrected chi connectivity index (χ3v) is 1.92. The zero-order valence-corrected chi connectivity index (χ0v) is 7.82. The van der Waals surface area contributed by atoms with Crippen molar-refractivity contribution >= 4 is 18.0 Å². The van der Waals surface area contributed by atoms with Crippen molar-refractivity contribution in [3.8, 4) is 0 Å². The van der Waals surface area contributed by atoms with Crippen LogP contribution in [0, 0.1) is 0 Å². The van der Waals surface area contributed by atoms with E-state index in [0.717, 1.165) is 12.4 Å². The summed E-state index contributed by atoms with van der Waals surface area (Å²) in [6.45, 7) is 0. The van der Waals surface area contributed by atoms with E-state index in [2.05, 4.69) is 20.2 Å². The predicted octanol–water partition coefficient (Wildman–Crippen LogP) is 2.00. The van der Waals surface area contributed by atoms with Crippen LogP contribution in [0.1, 0.15) is 5.69 Å². The van der Waals surface area contributed by atoms with E-state index in [1.807, 2.05) is 0 Å². The zero-order chi connectivity index (χ0) is 10.6. The van der Waals surface area contributed by atoms with Crippen LogP contribution < -0.4 is 0 Å². The van der Waals surface area contributed by atoms with Gasteiger partial charge < -0.3 is 4.84 Å². The molecule has 1 aromatic rings. The number of aromatic nitrogens is 2. The molecule has 1 rings (SSSR count). The van der Waals surface area contributed by atoms with Gasteiger partial charge in [-0.05, 0) is 11.8 Å². The maximum absolute atomic E-state index is 12.0. The van der Waals surface area contributed by atoms with E-state index in [4.69, 9.17) is 0 Å². The predicted molar refractivity (Wildman–Crippen MR) is 45.1 cm³/mol. The smallest absolute Gasteiger partial charge is 0.399 e. The molecule has 0 saturated heterocycles. The number of oxime groups is 1. The fourth-order valence-corrected chi connectivity index (χ4v) is 1.25. The Morgan fingerprint density at radius 2 is 2.36 bits per heavy atom. The third kappa shape index (κ3) is 3.29. The fourth-order valence-electron chi connectivity index (χ4n) is 0.689. The van der Waals surface area contributed by atoms with Crippen molar-refractivity contribution in [3.63, 3.8) is 0 Å². The quantitative estimate of drug-likeness (QED) is 0.486. The molecule has 4 nitrogen and oxygen atoms in total. The highest BCUT2D eigenvalue weighted by Gasteiger charge is 2.30. The molecule has 78 valence electrons. The van der Waals surface area contributed by atoms with Gasteiger partial charge in [0.2, 0.25) is 0 Å². The summed E-state index contributed by atoms with van der Waals surface area (Å²) in [5.74, 6) is 0. The van der Waals surface area contributed by atoms with Gasteiger partial charge in [0, 0.05) is 0 Å². The van der Waals surface area contributed by atoms with Crippen LogP contribution in [0.5, 0.6) is 0 Å². The van der Waals surface area contributed by atoms with Gasteiger partial charge in [-0.25, -0.2) is 0 Å². The SMILES string of the molecule is CON=Cc1[nH]ncc1SC(F)(F)F. The molecule has 8 heteroatoms. The largest absolute Gasteiger partial charge is 0.446 e. The first-order valence-electron chi connectivity index (χ1n) is 3.38. The van der Waals surface area contributed by atoms with Crippen molar-refractivity contribution in [1.82, 2.24) is 10.2 Å². The molecule has 0 unspecified atom stereocenters. The number of halogens is 3. The Morgan fingerprint density at radius 1 is 1.64 bits per heavy atom. The molecule has 1 N–H and O–H groups in total. The highest BCUT2D eigenvalue weighted by molar-refractivity contribution is 8.00. The Labute approximate surface area is 81.5 Å². The van der Waals surface area contributed by atoms with Gasteiger partial charge in [0.05, 0.1) is 23.0 Å². The summed E-state index contributed by atoms with van der Waals surface area (Å²) < 4.78 is 35.9. The molecule has 0 atom stereocenters. The van der Waals surface area contributed by atoms with Crippen molar-refractivity contribution < 1.29 is 18.0 Å². The molecule has 0 spiro atoms. The van der Waals surface area contributed by atoms with Gasteiger partial charge in [-0.2, -0.15) is 18.3 Å². The maximum atomic E-state index is 12.0. The first kappa shape index (κ1) is 10.9. The van der Waals surface area contributed by atoms with Crippen LogP contribution in [-0.4, -0.2) is 29.0 Å². The van der Waals surface area contributed by atoms with Crippen molar-refractivity contribution in [2.75, 3.05) is 7.11 Å². The Morgan fingerprint density at radius 3 is 2.93 bits per heavy atom. The number of alkyl halides is 3. The van der Waals surface area contributed by atoms with E-state index in [9.17, 15) is 13.2 Å². The number of nitrogens with zero attached hydrogens (tertiary/aromatic N) is 2. The summed E-state index contributed by atoms with van der Waals surface area (Å²) in [6.07, 6.45) is 2.20. The number of thioether (sulfide) groups is 1. The second-order valence-corrected chi connectivity index (χ2v) is 3.22. The molecule has 0 aromatic carbocycles. The van der Waals surface area contributed by atoms with E-state index in [1.165, 1.54) is 7.11 Å². The number of aromatic amines is 1. The maximum Gasteiger partial charge on any atom is 0.446 e. The van der Waals surface area contributed by atoms with Crippen LogP contribution in [0.25, 0.3) is 0 Å². The minimum atomic E-state index is -4.33. The van der Waals surface area contributed by atoms with Gasteiger partial charge >= 0.3 is 5.51 Å². The Bertz CT molecular complexity index is 322. The first-order chi connectivity index (χ1) is 6.53. The van der Waals surface area contributed by atoms with E-state index >= 15 is 0 Å². The summed E-state index contributed by atoms with van der Waals surface area (Å²) in [5.41, 5.74) is -4.17. The number of hydrogen-bond donors (Lipinski definition) is 1. The molecule has 0 radical (unpaired) electrons. The molecule has 0 aliphatic heterocycles. The molecule has 1 aromatic heterocycles. The first-order valence-corrected chi connectivity index (χ1v) is 4.20. The zero-order valence-electron chi connectivity index (χ0n) is 7.00. The van der Waals surface area contributed by atoms with Gasteiger partial charge in [-0.15, -0.1) is 0 Å². The van der Waals surface area contributed by atoms with Crippen LogP contribution in [-0.2, 0) is 4.84 Å². The van der Waals surface area contributed by atoms with E-state index in [-0.39, 0.29) is 22.4 Å². The van der Waals surface area contributed by atoms with Crippen molar-refractivity contribution in [2.45, 2.75) is 10.4 Å².